The average Bonchev–Trinajstić information content (AvgIpc) is 2.91. The van der Waals surface area contributed by atoms with Crippen molar-refractivity contribution >= 4 is 17.4 Å². The van der Waals surface area contributed by atoms with Crippen molar-refractivity contribution in [2.24, 2.45) is 0 Å². The summed E-state index contributed by atoms with van der Waals surface area (Å²) < 4.78 is 0. The first-order valence-electron chi connectivity index (χ1n) is 6.95. The Bertz CT molecular complexity index is 569. The van der Waals surface area contributed by atoms with Crippen LogP contribution < -0.4 is 10.6 Å². The zero-order valence-electron chi connectivity index (χ0n) is 12.0. The number of urea groups is 1. The lowest BCUT2D eigenvalue weighted by molar-refractivity contribution is 0.167. The zero-order chi connectivity index (χ0) is 15.1. The van der Waals surface area contributed by atoms with E-state index in [4.69, 9.17) is 0 Å². The van der Waals surface area contributed by atoms with Gasteiger partial charge < -0.3 is 15.7 Å². The van der Waals surface area contributed by atoms with E-state index in [1.165, 1.54) is 4.88 Å². The molecule has 1 aromatic heterocycles. The number of carbonyl (C=O) groups is 1. The van der Waals surface area contributed by atoms with Crippen LogP contribution in [0.25, 0.3) is 0 Å². The number of hydrogen-bond acceptors (Lipinski definition) is 3. The molecule has 1 atom stereocenters. The van der Waals surface area contributed by atoms with Gasteiger partial charge in [0.2, 0.25) is 0 Å². The molecule has 0 fully saturated rings. The maximum absolute atomic E-state index is 11.6. The number of hydrogen-bond donors (Lipinski definition) is 3. The first-order chi connectivity index (χ1) is 10.1. The Morgan fingerprint density at radius 1 is 1.19 bits per heavy atom. The fourth-order valence-corrected chi connectivity index (χ4v) is 2.80. The smallest absolute Gasteiger partial charge is 0.315 e. The second kappa shape index (κ2) is 7.81. The highest BCUT2D eigenvalue weighted by atomic mass is 32.1. The molecule has 0 aliphatic carbocycles. The van der Waals surface area contributed by atoms with Gasteiger partial charge in [-0.2, -0.15) is 0 Å². The summed E-state index contributed by atoms with van der Waals surface area (Å²) in [5.74, 6) is 0. The van der Waals surface area contributed by atoms with E-state index < -0.39 is 6.10 Å². The largest absolute Gasteiger partial charge is 0.388 e. The molecule has 0 saturated heterocycles. The molecule has 3 N–H and O–H groups in total. The van der Waals surface area contributed by atoms with Crippen molar-refractivity contribution in [3.63, 3.8) is 0 Å². The number of carbonyl (C=O) groups excluding carboxylic acids is 1. The highest BCUT2D eigenvalue weighted by molar-refractivity contribution is 7.11. The molecule has 112 valence electrons. The lowest BCUT2D eigenvalue weighted by Gasteiger charge is -2.12. The first-order valence-corrected chi connectivity index (χ1v) is 7.77. The van der Waals surface area contributed by atoms with Gasteiger partial charge in [0, 0.05) is 16.3 Å². The van der Waals surface area contributed by atoms with E-state index in [1.807, 2.05) is 49.4 Å². The third kappa shape index (κ3) is 5.21. The number of aryl methyl sites for hydroxylation is 1. The third-order valence-corrected chi connectivity index (χ3v) is 4.11. The molecule has 2 aromatic rings. The summed E-state index contributed by atoms with van der Waals surface area (Å²) in [6.07, 6.45) is -0.0540. The maximum atomic E-state index is 11.6. The second-order valence-electron chi connectivity index (χ2n) is 4.84. The van der Waals surface area contributed by atoms with Crippen LogP contribution in [0.4, 0.5) is 4.79 Å². The van der Waals surface area contributed by atoms with E-state index in [0.29, 0.717) is 19.5 Å². The van der Waals surface area contributed by atoms with Gasteiger partial charge in [0.15, 0.2) is 0 Å². The van der Waals surface area contributed by atoms with E-state index >= 15 is 0 Å². The number of aliphatic hydroxyl groups is 1. The molecular formula is C16H20N2O2S. The van der Waals surface area contributed by atoms with Crippen molar-refractivity contribution < 1.29 is 9.90 Å². The van der Waals surface area contributed by atoms with Crippen LogP contribution in [0.2, 0.25) is 0 Å². The Morgan fingerprint density at radius 2 is 1.95 bits per heavy atom. The lowest BCUT2D eigenvalue weighted by Crippen LogP contribution is -2.35. The molecule has 4 nitrogen and oxygen atoms in total. The van der Waals surface area contributed by atoms with Crippen LogP contribution in [0.15, 0.2) is 42.5 Å². The van der Waals surface area contributed by atoms with Crippen molar-refractivity contribution in [3.8, 4) is 0 Å². The van der Waals surface area contributed by atoms with Gasteiger partial charge in [-0.05, 0) is 31.0 Å². The maximum Gasteiger partial charge on any atom is 0.315 e. The predicted molar refractivity (Wildman–Crippen MR) is 85.3 cm³/mol. The number of thiophene rings is 1. The highest BCUT2D eigenvalue weighted by Crippen LogP contribution is 2.15. The standard InChI is InChI=1S/C16H20N2O2S/c1-12-7-8-14(21-12)11-18-16(20)17-10-9-15(19)13-5-3-2-4-6-13/h2-8,15,19H,9-11H2,1H3,(H2,17,18,20). The summed E-state index contributed by atoms with van der Waals surface area (Å²) in [6, 6.07) is 13.3. The summed E-state index contributed by atoms with van der Waals surface area (Å²) >= 11 is 1.67. The van der Waals surface area contributed by atoms with Crippen molar-refractivity contribution in [1.29, 1.82) is 0 Å². The molecule has 5 heteroatoms. The fourth-order valence-electron chi connectivity index (χ4n) is 1.97. The van der Waals surface area contributed by atoms with E-state index in [9.17, 15) is 9.90 Å². The van der Waals surface area contributed by atoms with Gasteiger partial charge in [0.05, 0.1) is 12.6 Å². The van der Waals surface area contributed by atoms with Gasteiger partial charge in [-0.15, -0.1) is 11.3 Å². The summed E-state index contributed by atoms with van der Waals surface area (Å²) in [5.41, 5.74) is 0.869. The van der Waals surface area contributed by atoms with Crippen molar-refractivity contribution in [1.82, 2.24) is 10.6 Å². The lowest BCUT2D eigenvalue weighted by atomic mass is 10.1. The second-order valence-corrected chi connectivity index (χ2v) is 6.21. The summed E-state index contributed by atoms with van der Waals surface area (Å²) in [5, 5.41) is 15.5. The number of benzene rings is 1. The van der Waals surface area contributed by atoms with Gasteiger partial charge >= 0.3 is 6.03 Å². The molecule has 1 unspecified atom stereocenters. The third-order valence-electron chi connectivity index (χ3n) is 3.11. The summed E-state index contributed by atoms with van der Waals surface area (Å²) in [4.78, 5) is 14.0. The van der Waals surface area contributed by atoms with E-state index in [-0.39, 0.29) is 6.03 Å². The molecule has 0 bridgehead atoms. The number of amides is 2. The van der Waals surface area contributed by atoms with Crippen LogP contribution in [0.5, 0.6) is 0 Å². The van der Waals surface area contributed by atoms with E-state index in [0.717, 1.165) is 10.4 Å². The minimum atomic E-state index is -0.550. The van der Waals surface area contributed by atoms with Gasteiger partial charge in [-0.25, -0.2) is 4.79 Å². The SMILES string of the molecule is Cc1ccc(CNC(=O)NCCC(O)c2ccccc2)s1. The average molecular weight is 304 g/mol. The Kier molecular flexibility index (Phi) is 5.78. The van der Waals surface area contributed by atoms with Gasteiger partial charge in [-0.3, -0.25) is 0 Å². The first kappa shape index (κ1) is 15.5. The van der Waals surface area contributed by atoms with E-state index in [1.54, 1.807) is 11.3 Å². The predicted octanol–water partition coefficient (Wildman–Crippen LogP) is 2.98. The molecule has 0 radical (unpaired) electrons. The van der Waals surface area contributed by atoms with Crippen LogP contribution >= 0.6 is 11.3 Å². The highest BCUT2D eigenvalue weighted by Gasteiger charge is 2.07. The number of rotatable bonds is 6. The minimum Gasteiger partial charge on any atom is -0.388 e. The van der Waals surface area contributed by atoms with Gasteiger partial charge in [-0.1, -0.05) is 30.3 Å². The quantitative estimate of drug-likeness (QED) is 0.768. The summed E-state index contributed by atoms with van der Waals surface area (Å²) in [7, 11) is 0. The number of nitrogens with one attached hydrogen (secondary N) is 2. The normalized spacial score (nSPS) is 11.9. The van der Waals surface area contributed by atoms with Crippen LogP contribution in [0.1, 0.15) is 27.8 Å². The molecule has 21 heavy (non-hydrogen) atoms. The molecule has 0 spiro atoms. The molecule has 1 aromatic carbocycles. The summed E-state index contributed by atoms with van der Waals surface area (Å²) in [6.45, 7) is 3.01. The molecular weight excluding hydrogens is 284 g/mol. The van der Waals surface area contributed by atoms with Crippen molar-refractivity contribution in [2.75, 3.05) is 6.54 Å². The fraction of sp³-hybridized carbons (Fsp3) is 0.312. The topological polar surface area (TPSA) is 61.4 Å². The molecule has 0 aliphatic heterocycles. The Hall–Kier alpha value is -1.85. The molecule has 2 amide bonds. The zero-order valence-corrected chi connectivity index (χ0v) is 12.8. The molecule has 2 rings (SSSR count). The molecule has 0 saturated carbocycles. The van der Waals surface area contributed by atoms with Crippen molar-refractivity contribution in [2.45, 2.75) is 26.0 Å². The van der Waals surface area contributed by atoms with Gasteiger partial charge in [0.1, 0.15) is 0 Å². The Balaban J connectivity index is 1.65. The van der Waals surface area contributed by atoms with E-state index in [2.05, 4.69) is 10.6 Å². The van der Waals surface area contributed by atoms with Crippen LogP contribution in [-0.2, 0) is 6.54 Å². The Labute approximate surface area is 128 Å². The monoisotopic (exact) mass is 304 g/mol. The Morgan fingerprint density at radius 3 is 2.62 bits per heavy atom. The molecule has 1 heterocycles. The van der Waals surface area contributed by atoms with Crippen LogP contribution in [0, 0.1) is 6.92 Å². The van der Waals surface area contributed by atoms with Crippen molar-refractivity contribution in [3.05, 3.63) is 57.8 Å². The van der Waals surface area contributed by atoms with Crippen LogP contribution in [0.3, 0.4) is 0 Å². The number of aliphatic hydroxyl groups excluding tert-OH is 1. The minimum absolute atomic E-state index is 0.207. The van der Waals surface area contributed by atoms with Crippen LogP contribution in [-0.4, -0.2) is 17.7 Å². The molecule has 0 aliphatic rings. The van der Waals surface area contributed by atoms with Gasteiger partial charge in [0.25, 0.3) is 0 Å².